The van der Waals surface area contributed by atoms with Crippen LogP contribution in [0.1, 0.15) is 24.4 Å². The van der Waals surface area contributed by atoms with Crippen LogP contribution in [-0.4, -0.2) is 41.6 Å². The molecule has 1 unspecified atom stereocenters. The molecule has 0 bridgehead atoms. The molecule has 146 valence electrons. The van der Waals surface area contributed by atoms with Gasteiger partial charge in [0.15, 0.2) is 5.13 Å². The largest absolute Gasteiger partial charge is 0.496 e. The maximum atomic E-state index is 11.0. The summed E-state index contributed by atoms with van der Waals surface area (Å²) in [7, 11) is 1.70. The van der Waals surface area contributed by atoms with Crippen molar-refractivity contribution in [3.05, 3.63) is 58.1 Å². The van der Waals surface area contributed by atoms with Gasteiger partial charge in [-0.2, -0.15) is 0 Å². The van der Waals surface area contributed by atoms with E-state index in [9.17, 15) is 10.1 Å². The number of anilines is 1. The molecule has 8 heteroatoms. The number of nitro benzene ring substituents is 1. The first-order chi connectivity index (χ1) is 13.7. The average molecular weight is 398 g/mol. The molecule has 0 aliphatic carbocycles. The molecule has 1 aromatic heterocycles. The number of aromatic nitrogens is 1. The van der Waals surface area contributed by atoms with E-state index in [1.165, 1.54) is 30.2 Å². The zero-order valence-electron chi connectivity index (χ0n) is 15.6. The van der Waals surface area contributed by atoms with Crippen LogP contribution in [0.5, 0.6) is 5.75 Å². The Bertz CT molecular complexity index is 984. The first kappa shape index (κ1) is 18.6. The Balaban J connectivity index is 1.57. The lowest BCUT2D eigenvalue weighted by Gasteiger charge is -2.29. The molecule has 3 aromatic rings. The molecule has 2 aromatic carbocycles. The third-order valence-electron chi connectivity index (χ3n) is 5.11. The summed E-state index contributed by atoms with van der Waals surface area (Å²) >= 11 is 1.44. The Morgan fingerprint density at radius 1 is 1.29 bits per heavy atom. The number of nitrogens with zero attached hydrogens (tertiary/aromatic N) is 3. The molecule has 1 aliphatic rings. The average Bonchev–Trinajstić information content (AvgIpc) is 3.37. The summed E-state index contributed by atoms with van der Waals surface area (Å²) in [5, 5.41) is 15.2. The number of fused-ring (bicyclic) bond motifs is 1. The van der Waals surface area contributed by atoms with Crippen LogP contribution in [-0.2, 0) is 0 Å². The first-order valence-corrected chi connectivity index (χ1v) is 10.1. The van der Waals surface area contributed by atoms with Gasteiger partial charge >= 0.3 is 0 Å². The lowest BCUT2D eigenvalue weighted by Crippen LogP contribution is -2.31. The van der Waals surface area contributed by atoms with Crippen molar-refractivity contribution >= 4 is 32.4 Å². The van der Waals surface area contributed by atoms with Crippen LogP contribution in [0.4, 0.5) is 10.8 Å². The van der Waals surface area contributed by atoms with Crippen molar-refractivity contribution in [1.29, 1.82) is 0 Å². The minimum atomic E-state index is -0.378. The fraction of sp³-hybridized carbons (Fsp3) is 0.350. The van der Waals surface area contributed by atoms with E-state index in [1.54, 1.807) is 19.2 Å². The number of hydrogen-bond donors (Lipinski definition) is 1. The maximum absolute atomic E-state index is 11.0. The van der Waals surface area contributed by atoms with Gasteiger partial charge in [-0.05, 0) is 38.1 Å². The number of benzene rings is 2. The Hall–Kier alpha value is -2.71. The third-order valence-corrected chi connectivity index (χ3v) is 6.08. The Kier molecular flexibility index (Phi) is 5.40. The van der Waals surface area contributed by atoms with E-state index >= 15 is 0 Å². The molecule has 4 rings (SSSR count). The van der Waals surface area contributed by atoms with E-state index in [2.05, 4.69) is 21.3 Å². The summed E-state index contributed by atoms with van der Waals surface area (Å²) in [6, 6.07) is 13.1. The number of ether oxygens (including phenoxy) is 1. The molecule has 7 nitrogen and oxygen atoms in total. The monoisotopic (exact) mass is 398 g/mol. The van der Waals surface area contributed by atoms with Crippen molar-refractivity contribution in [2.45, 2.75) is 18.9 Å². The van der Waals surface area contributed by atoms with E-state index < -0.39 is 0 Å². The molecule has 1 saturated heterocycles. The van der Waals surface area contributed by atoms with Crippen LogP contribution < -0.4 is 10.1 Å². The highest BCUT2D eigenvalue weighted by molar-refractivity contribution is 7.22. The van der Waals surface area contributed by atoms with Crippen LogP contribution in [0, 0.1) is 10.1 Å². The topological polar surface area (TPSA) is 80.5 Å². The maximum Gasteiger partial charge on any atom is 0.270 e. The third kappa shape index (κ3) is 3.79. The minimum Gasteiger partial charge on any atom is -0.496 e. The van der Waals surface area contributed by atoms with Crippen molar-refractivity contribution in [2.24, 2.45) is 0 Å². The fourth-order valence-corrected chi connectivity index (χ4v) is 4.62. The number of nitrogens with one attached hydrogen (secondary N) is 1. The van der Waals surface area contributed by atoms with Crippen molar-refractivity contribution in [3.63, 3.8) is 0 Å². The highest BCUT2D eigenvalue weighted by Gasteiger charge is 2.26. The van der Waals surface area contributed by atoms with Crippen LogP contribution in [0.3, 0.4) is 0 Å². The SMILES string of the molecule is COc1ccccc1C(CNc1nc2ccc([N+](=O)[O-])cc2s1)N1CCCC1. The summed E-state index contributed by atoms with van der Waals surface area (Å²) in [5.41, 5.74) is 2.02. The van der Waals surface area contributed by atoms with Crippen molar-refractivity contribution in [3.8, 4) is 5.75 Å². The van der Waals surface area contributed by atoms with E-state index in [1.807, 2.05) is 18.2 Å². The van der Waals surface area contributed by atoms with E-state index in [0.29, 0.717) is 6.54 Å². The molecular weight excluding hydrogens is 376 g/mol. The van der Waals surface area contributed by atoms with Gasteiger partial charge in [0.1, 0.15) is 5.75 Å². The second-order valence-electron chi connectivity index (χ2n) is 6.81. The minimum absolute atomic E-state index is 0.0895. The molecule has 0 spiro atoms. The fourth-order valence-electron chi connectivity index (χ4n) is 3.72. The summed E-state index contributed by atoms with van der Waals surface area (Å²) < 4.78 is 6.40. The Morgan fingerprint density at radius 3 is 2.82 bits per heavy atom. The number of non-ortho nitro benzene ring substituents is 1. The van der Waals surface area contributed by atoms with E-state index in [-0.39, 0.29) is 16.7 Å². The number of rotatable bonds is 7. The summed E-state index contributed by atoms with van der Waals surface area (Å²) in [6.45, 7) is 2.83. The Morgan fingerprint density at radius 2 is 2.07 bits per heavy atom. The second-order valence-corrected chi connectivity index (χ2v) is 7.84. The first-order valence-electron chi connectivity index (χ1n) is 9.31. The molecule has 2 heterocycles. The van der Waals surface area contributed by atoms with Gasteiger partial charge in [0, 0.05) is 24.2 Å². The van der Waals surface area contributed by atoms with Gasteiger partial charge in [0.05, 0.1) is 28.3 Å². The standard InChI is InChI=1S/C20H22N4O3S/c1-27-18-7-3-2-6-15(18)17(23-10-4-5-11-23)13-21-20-22-16-9-8-14(24(25)26)12-19(16)28-20/h2-3,6-9,12,17H,4-5,10-11,13H2,1H3,(H,21,22). The number of hydrogen-bond acceptors (Lipinski definition) is 7. The highest BCUT2D eigenvalue weighted by atomic mass is 32.1. The zero-order chi connectivity index (χ0) is 19.5. The lowest BCUT2D eigenvalue weighted by atomic mass is 10.0. The predicted molar refractivity (Wildman–Crippen MR) is 111 cm³/mol. The number of methoxy groups -OCH3 is 1. The smallest absolute Gasteiger partial charge is 0.270 e. The number of para-hydroxylation sites is 1. The van der Waals surface area contributed by atoms with Gasteiger partial charge in [-0.1, -0.05) is 29.5 Å². The molecule has 1 fully saturated rings. The molecule has 1 N–H and O–H groups in total. The number of thiazole rings is 1. The molecule has 1 atom stereocenters. The van der Waals surface area contributed by atoms with Crippen LogP contribution in [0.25, 0.3) is 10.2 Å². The predicted octanol–water partition coefficient (Wildman–Crippen LogP) is 4.46. The van der Waals surface area contributed by atoms with Crippen LogP contribution in [0.2, 0.25) is 0 Å². The molecule has 28 heavy (non-hydrogen) atoms. The second kappa shape index (κ2) is 8.12. The van der Waals surface area contributed by atoms with Gasteiger partial charge in [-0.15, -0.1) is 0 Å². The summed E-state index contributed by atoms with van der Waals surface area (Å²) in [4.78, 5) is 17.7. The molecule has 0 saturated carbocycles. The molecule has 0 amide bonds. The van der Waals surface area contributed by atoms with Crippen molar-refractivity contribution in [2.75, 3.05) is 32.1 Å². The summed E-state index contributed by atoms with van der Waals surface area (Å²) in [6.07, 6.45) is 2.41. The normalized spacial score (nSPS) is 15.6. The molecule has 1 aliphatic heterocycles. The summed E-state index contributed by atoms with van der Waals surface area (Å²) in [5.74, 6) is 0.890. The van der Waals surface area contributed by atoms with Crippen LogP contribution in [0.15, 0.2) is 42.5 Å². The quantitative estimate of drug-likeness (QED) is 0.467. The van der Waals surface area contributed by atoms with Gasteiger partial charge in [0.25, 0.3) is 5.69 Å². The van der Waals surface area contributed by atoms with E-state index in [0.717, 1.165) is 39.8 Å². The lowest BCUT2D eigenvalue weighted by molar-refractivity contribution is -0.384. The van der Waals surface area contributed by atoms with Crippen molar-refractivity contribution in [1.82, 2.24) is 9.88 Å². The van der Waals surface area contributed by atoms with Gasteiger partial charge in [0.2, 0.25) is 0 Å². The molecular formula is C20H22N4O3S. The number of likely N-dealkylation sites (tertiary alicyclic amines) is 1. The molecule has 0 radical (unpaired) electrons. The van der Waals surface area contributed by atoms with Gasteiger partial charge < -0.3 is 10.1 Å². The highest BCUT2D eigenvalue weighted by Crippen LogP contribution is 2.33. The van der Waals surface area contributed by atoms with E-state index in [4.69, 9.17) is 4.74 Å². The number of nitro groups is 1. The van der Waals surface area contributed by atoms with Crippen molar-refractivity contribution < 1.29 is 9.66 Å². The zero-order valence-corrected chi connectivity index (χ0v) is 16.4. The van der Waals surface area contributed by atoms with Gasteiger partial charge in [-0.3, -0.25) is 15.0 Å². The van der Waals surface area contributed by atoms with Crippen LogP contribution >= 0.6 is 11.3 Å². The Labute approximate surface area is 167 Å². The van der Waals surface area contributed by atoms with Gasteiger partial charge in [-0.25, -0.2) is 4.98 Å².